The Morgan fingerprint density at radius 2 is 1.52 bits per heavy atom. The Morgan fingerprint density at radius 1 is 0.889 bits per heavy atom. The summed E-state index contributed by atoms with van der Waals surface area (Å²) in [6, 6.07) is 19.8. The third-order valence-electron chi connectivity index (χ3n) is 4.52. The summed E-state index contributed by atoms with van der Waals surface area (Å²) in [6.07, 6.45) is 3.02. The van der Waals surface area contributed by atoms with E-state index in [0.29, 0.717) is 13.1 Å². The van der Waals surface area contributed by atoms with Gasteiger partial charge in [-0.1, -0.05) is 60.7 Å². The van der Waals surface area contributed by atoms with Crippen LogP contribution in [-0.4, -0.2) is 54.5 Å². The first kappa shape index (κ1) is 18.9. The normalized spacial score (nSPS) is 15.0. The van der Waals surface area contributed by atoms with Gasteiger partial charge in [-0.2, -0.15) is 0 Å². The molecule has 0 radical (unpaired) electrons. The smallest absolute Gasteiger partial charge is 0.331 e. The molecule has 5 nitrogen and oxygen atoms in total. The van der Waals surface area contributed by atoms with Crippen molar-refractivity contribution in [1.29, 1.82) is 0 Å². The average molecular weight is 364 g/mol. The van der Waals surface area contributed by atoms with E-state index in [1.165, 1.54) is 11.6 Å². The van der Waals surface area contributed by atoms with Crippen LogP contribution in [0.1, 0.15) is 11.1 Å². The lowest BCUT2D eigenvalue weighted by atomic mass is 10.2. The number of piperazine rings is 1. The molecule has 1 aliphatic rings. The second kappa shape index (κ2) is 9.69. The highest BCUT2D eigenvalue weighted by Crippen LogP contribution is 2.09. The standard InChI is InChI=1S/C22H24N2O3/c25-21(18-27-22(26)12-11-19-7-3-1-4-8-19)24-15-13-23(14-16-24)17-20-9-5-2-6-10-20/h1-12H,13-18H2/b12-11+. The summed E-state index contributed by atoms with van der Waals surface area (Å²) in [7, 11) is 0. The Hall–Kier alpha value is -2.92. The Balaban J connectivity index is 1.38. The predicted molar refractivity (Wildman–Crippen MR) is 105 cm³/mol. The predicted octanol–water partition coefficient (Wildman–Crippen LogP) is 2.59. The molecule has 1 heterocycles. The molecule has 2 aromatic carbocycles. The molecule has 0 aromatic heterocycles. The van der Waals surface area contributed by atoms with Crippen LogP contribution < -0.4 is 0 Å². The van der Waals surface area contributed by atoms with E-state index in [2.05, 4.69) is 17.0 Å². The number of amides is 1. The number of hydrogen-bond donors (Lipinski definition) is 0. The molecule has 0 aliphatic carbocycles. The van der Waals surface area contributed by atoms with Gasteiger partial charge in [-0.25, -0.2) is 4.79 Å². The number of carbonyl (C=O) groups is 2. The first-order valence-electron chi connectivity index (χ1n) is 9.14. The van der Waals surface area contributed by atoms with Gasteiger partial charge in [-0.3, -0.25) is 9.69 Å². The molecule has 27 heavy (non-hydrogen) atoms. The number of nitrogens with zero attached hydrogens (tertiary/aromatic N) is 2. The number of carbonyl (C=O) groups excluding carboxylic acids is 2. The molecule has 1 saturated heterocycles. The molecule has 5 heteroatoms. The molecule has 0 N–H and O–H groups in total. The summed E-state index contributed by atoms with van der Waals surface area (Å²) in [5.41, 5.74) is 2.19. The minimum atomic E-state index is -0.505. The van der Waals surface area contributed by atoms with E-state index in [4.69, 9.17) is 4.74 Å². The van der Waals surface area contributed by atoms with E-state index in [-0.39, 0.29) is 12.5 Å². The van der Waals surface area contributed by atoms with E-state index in [0.717, 1.165) is 25.2 Å². The molecule has 0 saturated carbocycles. The fraction of sp³-hybridized carbons (Fsp3) is 0.273. The van der Waals surface area contributed by atoms with Crippen LogP contribution in [-0.2, 0) is 20.9 Å². The van der Waals surface area contributed by atoms with Crippen LogP contribution in [0.3, 0.4) is 0 Å². The van der Waals surface area contributed by atoms with Gasteiger partial charge in [0.2, 0.25) is 0 Å². The maximum atomic E-state index is 12.2. The molecule has 0 bridgehead atoms. The van der Waals surface area contributed by atoms with Crippen molar-refractivity contribution in [2.24, 2.45) is 0 Å². The van der Waals surface area contributed by atoms with Gasteiger partial charge < -0.3 is 9.64 Å². The number of rotatable bonds is 6. The topological polar surface area (TPSA) is 49.9 Å². The van der Waals surface area contributed by atoms with Crippen molar-refractivity contribution >= 4 is 18.0 Å². The van der Waals surface area contributed by atoms with Gasteiger partial charge in [-0.05, 0) is 17.2 Å². The SMILES string of the molecule is O=C(/C=C/c1ccccc1)OCC(=O)N1CCN(Cc2ccccc2)CC1. The maximum absolute atomic E-state index is 12.2. The minimum absolute atomic E-state index is 0.143. The first-order valence-corrected chi connectivity index (χ1v) is 9.14. The van der Waals surface area contributed by atoms with Gasteiger partial charge >= 0.3 is 5.97 Å². The second-order valence-electron chi connectivity index (χ2n) is 6.49. The highest BCUT2D eigenvalue weighted by atomic mass is 16.5. The molecule has 2 aromatic rings. The molecule has 0 atom stereocenters. The van der Waals surface area contributed by atoms with Crippen molar-refractivity contribution in [1.82, 2.24) is 9.80 Å². The quantitative estimate of drug-likeness (QED) is 0.584. The molecule has 3 rings (SSSR count). The highest BCUT2D eigenvalue weighted by Gasteiger charge is 2.21. The molecule has 1 aliphatic heterocycles. The van der Waals surface area contributed by atoms with Crippen LogP contribution in [0.4, 0.5) is 0 Å². The lowest BCUT2D eigenvalue weighted by Gasteiger charge is -2.34. The van der Waals surface area contributed by atoms with Crippen LogP contribution in [0.15, 0.2) is 66.7 Å². The van der Waals surface area contributed by atoms with Crippen molar-refractivity contribution in [3.8, 4) is 0 Å². The van der Waals surface area contributed by atoms with Crippen LogP contribution >= 0.6 is 0 Å². The van der Waals surface area contributed by atoms with Crippen molar-refractivity contribution in [2.45, 2.75) is 6.54 Å². The molecular weight excluding hydrogens is 340 g/mol. The van der Waals surface area contributed by atoms with Gasteiger partial charge in [-0.15, -0.1) is 0 Å². The van der Waals surface area contributed by atoms with Gasteiger partial charge in [0.05, 0.1) is 0 Å². The van der Waals surface area contributed by atoms with Crippen LogP contribution in [0.2, 0.25) is 0 Å². The maximum Gasteiger partial charge on any atom is 0.331 e. The summed E-state index contributed by atoms with van der Waals surface area (Å²) >= 11 is 0. The third kappa shape index (κ3) is 6.08. The molecule has 0 unspecified atom stereocenters. The first-order chi connectivity index (χ1) is 13.2. The van der Waals surface area contributed by atoms with E-state index in [1.807, 2.05) is 48.5 Å². The summed E-state index contributed by atoms with van der Waals surface area (Å²) in [4.78, 5) is 28.1. The number of hydrogen-bond acceptors (Lipinski definition) is 4. The molecule has 1 amide bonds. The van der Waals surface area contributed by atoms with E-state index in [1.54, 1.807) is 11.0 Å². The number of ether oxygens (including phenoxy) is 1. The van der Waals surface area contributed by atoms with Crippen molar-refractivity contribution < 1.29 is 14.3 Å². The largest absolute Gasteiger partial charge is 0.452 e. The summed E-state index contributed by atoms with van der Waals surface area (Å²) < 4.78 is 5.07. The van der Waals surface area contributed by atoms with Crippen molar-refractivity contribution in [2.75, 3.05) is 32.8 Å². The van der Waals surface area contributed by atoms with E-state index in [9.17, 15) is 9.59 Å². The van der Waals surface area contributed by atoms with Gasteiger partial charge in [0.25, 0.3) is 5.91 Å². The Labute approximate surface area is 159 Å². The number of benzene rings is 2. The highest BCUT2D eigenvalue weighted by molar-refractivity contribution is 5.89. The fourth-order valence-electron chi connectivity index (χ4n) is 3.00. The summed E-state index contributed by atoms with van der Waals surface area (Å²) in [6.45, 7) is 3.63. The Morgan fingerprint density at radius 3 is 2.19 bits per heavy atom. The molecule has 0 spiro atoms. The second-order valence-corrected chi connectivity index (χ2v) is 6.49. The van der Waals surface area contributed by atoms with Crippen LogP contribution in [0.25, 0.3) is 6.08 Å². The average Bonchev–Trinajstić information content (AvgIpc) is 2.72. The molecular formula is C22H24N2O3. The van der Waals surface area contributed by atoms with Crippen LogP contribution in [0, 0.1) is 0 Å². The Kier molecular flexibility index (Phi) is 6.77. The zero-order valence-corrected chi connectivity index (χ0v) is 15.3. The lowest BCUT2D eigenvalue weighted by Crippen LogP contribution is -2.49. The zero-order valence-electron chi connectivity index (χ0n) is 15.3. The van der Waals surface area contributed by atoms with Gasteiger partial charge in [0, 0.05) is 38.8 Å². The van der Waals surface area contributed by atoms with Crippen molar-refractivity contribution in [3.05, 3.63) is 77.9 Å². The fourth-order valence-corrected chi connectivity index (χ4v) is 3.00. The van der Waals surface area contributed by atoms with E-state index < -0.39 is 5.97 Å². The Bertz CT molecular complexity index is 767. The summed E-state index contributed by atoms with van der Waals surface area (Å²) in [5.74, 6) is -0.647. The van der Waals surface area contributed by atoms with Gasteiger partial charge in [0.15, 0.2) is 6.61 Å². The lowest BCUT2D eigenvalue weighted by molar-refractivity contribution is -0.149. The molecule has 1 fully saturated rings. The third-order valence-corrected chi connectivity index (χ3v) is 4.52. The zero-order chi connectivity index (χ0) is 18.9. The summed E-state index contributed by atoms with van der Waals surface area (Å²) in [5, 5.41) is 0. The van der Waals surface area contributed by atoms with Crippen LogP contribution in [0.5, 0.6) is 0 Å². The minimum Gasteiger partial charge on any atom is -0.452 e. The van der Waals surface area contributed by atoms with Crippen molar-refractivity contribution in [3.63, 3.8) is 0 Å². The monoisotopic (exact) mass is 364 g/mol. The van der Waals surface area contributed by atoms with E-state index >= 15 is 0 Å². The van der Waals surface area contributed by atoms with Gasteiger partial charge in [0.1, 0.15) is 0 Å². The molecule has 140 valence electrons. The number of esters is 1.